The second-order valence-corrected chi connectivity index (χ2v) is 12.3. The Morgan fingerprint density at radius 2 is 1.89 bits per heavy atom. The number of hydrogen-bond donors (Lipinski definition) is 2. The van der Waals surface area contributed by atoms with E-state index in [9.17, 15) is 13.2 Å². The van der Waals surface area contributed by atoms with E-state index in [-0.39, 0.29) is 10.8 Å². The zero-order chi connectivity index (χ0) is 25.3. The Kier molecular flexibility index (Phi) is 7.35. The van der Waals surface area contributed by atoms with Crippen LogP contribution in [-0.4, -0.2) is 75.5 Å². The smallest absolute Gasteiger partial charge is 0.256 e. The molecule has 0 atom stereocenters. The molecule has 1 saturated heterocycles. The summed E-state index contributed by atoms with van der Waals surface area (Å²) >= 11 is 0. The molecule has 3 aliphatic rings. The van der Waals surface area contributed by atoms with Gasteiger partial charge in [0.2, 0.25) is 10.0 Å². The molecule has 2 aliphatic heterocycles. The van der Waals surface area contributed by atoms with Gasteiger partial charge in [0.1, 0.15) is 0 Å². The molecule has 1 aromatic carbocycles. The number of carbonyl (C=O) groups excluding carboxylic acids is 1. The largest absolute Gasteiger partial charge is 0.379 e. The summed E-state index contributed by atoms with van der Waals surface area (Å²) in [7, 11) is -0.580. The highest BCUT2D eigenvalue weighted by molar-refractivity contribution is 7.89. The van der Waals surface area contributed by atoms with Crippen LogP contribution >= 0.6 is 0 Å². The Balaban J connectivity index is 1.48. The van der Waals surface area contributed by atoms with Gasteiger partial charge in [-0.25, -0.2) is 12.7 Å². The van der Waals surface area contributed by atoms with E-state index in [1.807, 2.05) is 6.08 Å². The standard InChI is InChI=1S/C27H36N4O4S/c1-30(2)36(33,34)19-10-11-25-22(17-19)23(27(32)29-25)18-26-21(8-6-12-31-13-15-35-16-14-31)20-7-4-3-5-9-24(20)28-26/h10-11,17-18,28H,3-9,12-16H2,1-2H3,(H,29,32)/b23-18-. The highest BCUT2D eigenvalue weighted by atomic mass is 32.2. The van der Waals surface area contributed by atoms with Gasteiger partial charge in [-0.15, -0.1) is 0 Å². The highest BCUT2D eigenvalue weighted by Crippen LogP contribution is 2.37. The number of ether oxygens (including phenoxy) is 1. The van der Waals surface area contributed by atoms with Gasteiger partial charge in [0, 0.05) is 49.8 Å². The van der Waals surface area contributed by atoms with Crippen LogP contribution in [0.5, 0.6) is 0 Å². The van der Waals surface area contributed by atoms with Gasteiger partial charge < -0.3 is 15.0 Å². The van der Waals surface area contributed by atoms with Crippen molar-refractivity contribution in [2.24, 2.45) is 0 Å². The molecular weight excluding hydrogens is 476 g/mol. The van der Waals surface area contributed by atoms with Gasteiger partial charge in [-0.2, -0.15) is 0 Å². The topological polar surface area (TPSA) is 94.7 Å². The number of anilines is 1. The summed E-state index contributed by atoms with van der Waals surface area (Å²) in [5.74, 6) is -0.200. The van der Waals surface area contributed by atoms with Crippen molar-refractivity contribution in [1.82, 2.24) is 14.2 Å². The molecule has 1 amide bonds. The van der Waals surface area contributed by atoms with Crippen molar-refractivity contribution in [3.63, 3.8) is 0 Å². The number of aromatic nitrogens is 1. The first kappa shape index (κ1) is 25.2. The number of rotatable bonds is 7. The third kappa shape index (κ3) is 5.02. The molecule has 0 bridgehead atoms. The SMILES string of the molecule is CN(C)S(=O)(=O)c1ccc2c(c1)/C(=C/c1[nH]c3c(c1CCCN1CCOCC1)CCCCC3)C(=O)N2. The summed E-state index contributed by atoms with van der Waals surface area (Å²) in [6.07, 6.45) is 9.63. The van der Waals surface area contributed by atoms with E-state index >= 15 is 0 Å². The maximum atomic E-state index is 13.0. The van der Waals surface area contributed by atoms with Gasteiger partial charge in [-0.3, -0.25) is 9.69 Å². The minimum atomic E-state index is -3.60. The van der Waals surface area contributed by atoms with Crippen molar-refractivity contribution in [2.75, 3.05) is 52.3 Å². The van der Waals surface area contributed by atoms with Crippen LogP contribution in [0, 0.1) is 0 Å². The number of sulfonamides is 1. The van der Waals surface area contributed by atoms with Gasteiger partial charge in [-0.05, 0) is 80.5 Å². The number of fused-ring (bicyclic) bond motifs is 2. The number of H-pyrrole nitrogens is 1. The third-order valence-corrected chi connectivity index (χ3v) is 9.35. The average molecular weight is 513 g/mol. The fraction of sp³-hybridized carbons (Fsp3) is 0.519. The lowest BCUT2D eigenvalue weighted by molar-refractivity contribution is -0.110. The van der Waals surface area contributed by atoms with Crippen LogP contribution in [0.15, 0.2) is 23.1 Å². The molecule has 194 valence electrons. The zero-order valence-corrected chi connectivity index (χ0v) is 22.0. The zero-order valence-electron chi connectivity index (χ0n) is 21.2. The van der Waals surface area contributed by atoms with Crippen molar-refractivity contribution in [3.8, 4) is 0 Å². The van der Waals surface area contributed by atoms with Crippen LogP contribution in [-0.2, 0) is 38.8 Å². The van der Waals surface area contributed by atoms with Crippen LogP contribution in [0.3, 0.4) is 0 Å². The quantitative estimate of drug-likeness (QED) is 0.439. The first-order chi connectivity index (χ1) is 17.3. The molecule has 2 aromatic rings. The van der Waals surface area contributed by atoms with E-state index in [0.717, 1.165) is 64.2 Å². The van der Waals surface area contributed by atoms with E-state index in [0.29, 0.717) is 16.8 Å². The van der Waals surface area contributed by atoms with Crippen LogP contribution in [0.25, 0.3) is 11.6 Å². The number of carbonyl (C=O) groups is 1. The van der Waals surface area contributed by atoms with Crippen LogP contribution in [0.4, 0.5) is 5.69 Å². The molecule has 0 unspecified atom stereocenters. The van der Waals surface area contributed by atoms with Gasteiger partial charge in [0.05, 0.1) is 23.7 Å². The molecule has 1 aromatic heterocycles. The summed E-state index contributed by atoms with van der Waals surface area (Å²) in [6, 6.07) is 4.84. The summed E-state index contributed by atoms with van der Waals surface area (Å²) < 4.78 is 32.1. The number of amides is 1. The van der Waals surface area contributed by atoms with Crippen molar-refractivity contribution < 1.29 is 17.9 Å². The molecular formula is C27H36N4O4S. The molecule has 0 radical (unpaired) electrons. The monoisotopic (exact) mass is 512 g/mol. The Morgan fingerprint density at radius 1 is 1.11 bits per heavy atom. The van der Waals surface area contributed by atoms with Crippen molar-refractivity contribution >= 4 is 33.3 Å². The summed E-state index contributed by atoms with van der Waals surface area (Å²) in [6.45, 7) is 4.61. The van der Waals surface area contributed by atoms with Gasteiger partial charge >= 0.3 is 0 Å². The van der Waals surface area contributed by atoms with Gasteiger partial charge in [-0.1, -0.05) is 6.42 Å². The molecule has 1 aliphatic carbocycles. The minimum absolute atomic E-state index is 0.182. The maximum absolute atomic E-state index is 13.0. The lowest BCUT2D eigenvalue weighted by Crippen LogP contribution is -2.37. The molecule has 0 saturated carbocycles. The molecule has 5 rings (SSSR count). The second-order valence-electron chi connectivity index (χ2n) is 10.1. The van der Waals surface area contributed by atoms with Crippen LogP contribution in [0.2, 0.25) is 0 Å². The molecule has 8 nitrogen and oxygen atoms in total. The van der Waals surface area contributed by atoms with Gasteiger partial charge in [0.25, 0.3) is 5.91 Å². The van der Waals surface area contributed by atoms with E-state index in [4.69, 9.17) is 4.74 Å². The number of aromatic amines is 1. The number of hydrogen-bond acceptors (Lipinski definition) is 5. The number of nitrogens with one attached hydrogen (secondary N) is 2. The van der Waals surface area contributed by atoms with E-state index in [1.54, 1.807) is 18.2 Å². The van der Waals surface area contributed by atoms with Crippen molar-refractivity contribution in [3.05, 3.63) is 46.3 Å². The van der Waals surface area contributed by atoms with Crippen molar-refractivity contribution in [1.29, 1.82) is 0 Å². The van der Waals surface area contributed by atoms with Crippen molar-refractivity contribution in [2.45, 2.75) is 49.8 Å². The highest BCUT2D eigenvalue weighted by Gasteiger charge is 2.28. The molecule has 9 heteroatoms. The second kappa shape index (κ2) is 10.5. The Morgan fingerprint density at radius 3 is 2.67 bits per heavy atom. The van der Waals surface area contributed by atoms with Crippen LogP contribution in [0.1, 0.15) is 53.8 Å². The first-order valence-electron chi connectivity index (χ1n) is 13.0. The van der Waals surface area contributed by atoms with Gasteiger partial charge in [0.15, 0.2) is 0 Å². The lowest BCUT2D eigenvalue weighted by atomic mass is 9.98. The number of nitrogens with zero attached hydrogens (tertiary/aromatic N) is 2. The molecule has 1 fully saturated rings. The number of benzene rings is 1. The Labute approximate surface area is 213 Å². The Hall–Kier alpha value is -2.46. The third-order valence-electron chi connectivity index (χ3n) is 7.54. The van der Waals surface area contributed by atoms with Crippen LogP contribution < -0.4 is 5.32 Å². The predicted molar refractivity (Wildman–Crippen MR) is 141 cm³/mol. The first-order valence-corrected chi connectivity index (χ1v) is 14.4. The Bertz CT molecular complexity index is 1270. The molecule has 3 heterocycles. The molecule has 2 N–H and O–H groups in total. The summed E-state index contributed by atoms with van der Waals surface area (Å²) in [4.78, 5) is 19.3. The normalized spacial score (nSPS) is 19.9. The average Bonchev–Trinajstić information content (AvgIpc) is 3.24. The number of morpholine rings is 1. The fourth-order valence-electron chi connectivity index (χ4n) is 5.49. The molecule has 0 spiro atoms. The summed E-state index contributed by atoms with van der Waals surface area (Å²) in [5.41, 5.74) is 6.80. The van der Waals surface area contributed by atoms with E-state index < -0.39 is 10.0 Å². The summed E-state index contributed by atoms with van der Waals surface area (Å²) in [5, 5.41) is 2.90. The minimum Gasteiger partial charge on any atom is -0.379 e. The van der Waals surface area contributed by atoms with E-state index in [2.05, 4.69) is 15.2 Å². The van der Waals surface area contributed by atoms with E-state index in [1.165, 1.54) is 54.5 Å². The molecule has 36 heavy (non-hydrogen) atoms. The lowest BCUT2D eigenvalue weighted by Gasteiger charge is -2.26. The maximum Gasteiger partial charge on any atom is 0.256 e. The predicted octanol–water partition coefficient (Wildman–Crippen LogP) is 3.29. The number of aryl methyl sites for hydroxylation is 1. The fourth-order valence-corrected chi connectivity index (χ4v) is 6.42.